The molecule has 0 spiro atoms. The number of rotatable bonds is 8. The lowest BCUT2D eigenvalue weighted by Crippen LogP contribution is -2.44. The SMILES string of the molecule is Cc1ccc(S(=O)(=O)N[C@@H](Cc2c[nH]c3ccccc23)C(=O)Oc2ccc3c(-c4ccccc4)cc(=O)oc3c2C)cc1. The number of fused-ring (bicyclic) bond motifs is 2. The van der Waals surface area contributed by atoms with E-state index in [1.54, 1.807) is 37.4 Å². The smallest absolute Gasteiger partial charge is 0.336 e. The second-order valence-electron chi connectivity index (χ2n) is 10.4. The molecule has 9 heteroatoms. The molecule has 6 rings (SSSR count). The molecule has 216 valence electrons. The van der Waals surface area contributed by atoms with Crippen LogP contribution in [0.2, 0.25) is 0 Å². The summed E-state index contributed by atoms with van der Waals surface area (Å²) in [5, 5.41) is 1.55. The van der Waals surface area contributed by atoms with Crippen molar-refractivity contribution in [1.29, 1.82) is 0 Å². The highest BCUT2D eigenvalue weighted by atomic mass is 32.2. The highest BCUT2D eigenvalue weighted by molar-refractivity contribution is 7.89. The van der Waals surface area contributed by atoms with Crippen LogP contribution in [0.25, 0.3) is 33.0 Å². The Bertz CT molecular complexity index is 2130. The van der Waals surface area contributed by atoms with Gasteiger partial charge in [-0.25, -0.2) is 18.0 Å². The molecule has 43 heavy (non-hydrogen) atoms. The molecular weight excluding hydrogens is 564 g/mol. The summed E-state index contributed by atoms with van der Waals surface area (Å²) in [4.78, 5) is 29.4. The van der Waals surface area contributed by atoms with Crippen molar-refractivity contribution in [2.45, 2.75) is 31.2 Å². The number of sulfonamides is 1. The highest BCUT2D eigenvalue weighted by Crippen LogP contribution is 2.33. The molecule has 0 aliphatic heterocycles. The van der Waals surface area contributed by atoms with Crippen molar-refractivity contribution in [3.8, 4) is 16.9 Å². The number of hydrogen-bond acceptors (Lipinski definition) is 6. The van der Waals surface area contributed by atoms with Gasteiger partial charge in [-0.3, -0.25) is 0 Å². The second-order valence-corrected chi connectivity index (χ2v) is 12.1. The van der Waals surface area contributed by atoms with Crippen LogP contribution in [0.4, 0.5) is 0 Å². The van der Waals surface area contributed by atoms with E-state index in [2.05, 4.69) is 9.71 Å². The van der Waals surface area contributed by atoms with Crippen LogP contribution in [0, 0.1) is 13.8 Å². The van der Waals surface area contributed by atoms with Gasteiger partial charge >= 0.3 is 11.6 Å². The van der Waals surface area contributed by atoms with E-state index in [1.807, 2.05) is 61.5 Å². The number of esters is 1. The summed E-state index contributed by atoms with van der Waals surface area (Å²) in [7, 11) is -4.08. The van der Waals surface area contributed by atoms with Crippen LogP contribution in [0.15, 0.2) is 117 Å². The van der Waals surface area contributed by atoms with E-state index in [4.69, 9.17) is 9.15 Å². The Morgan fingerprint density at radius 2 is 1.63 bits per heavy atom. The van der Waals surface area contributed by atoms with E-state index in [0.29, 0.717) is 16.5 Å². The van der Waals surface area contributed by atoms with Crippen LogP contribution in [-0.4, -0.2) is 25.4 Å². The van der Waals surface area contributed by atoms with E-state index < -0.39 is 27.7 Å². The minimum atomic E-state index is -4.08. The molecule has 4 aromatic carbocycles. The maximum absolute atomic E-state index is 13.7. The van der Waals surface area contributed by atoms with Gasteiger partial charge < -0.3 is 14.1 Å². The lowest BCUT2D eigenvalue weighted by Gasteiger charge is -2.19. The van der Waals surface area contributed by atoms with Crippen LogP contribution < -0.4 is 15.1 Å². The van der Waals surface area contributed by atoms with Crippen LogP contribution in [0.1, 0.15) is 16.7 Å². The van der Waals surface area contributed by atoms with Crippen LogP contribution in [0.5, 0.6) is 5.75 Å². The average molecular weight is 593 g/mol. The third-order valence-electron chi connectivity index (χ3n) is 7.42. The number of carbonyl (C=O) groups excluding carboxylic acids is 1. The first-order chi connectivity index (χ1) is 20.7. The first kappa shape index (κ1) is 28.1. The first-order valence-corrected chi connectivity index (χ1v) is 15.2. The molecule has 0 bridgehead atoms. The fourth-order valence-electron chi connectivity index (χ4n) is 5.16. The first-order valence-electron chi connectivity index (χ1n) is 13.7. The monoisotopic (exact) mass is 592 g/mol. The summed E-state index contributed by atoms with van der Waals surface area (Å²) >= 11 is 0. The predicted octanol–water partition coefficient (Wildman–Crippen LogP) is 6.05. The number of nitrogens with one attached hydrogen (secondary N) is 2. The number of ether oxygens (including phenoxy) is 1. The Kier molecular flexibility index (Phi) is 7.43. The summed E-state index contributed by atoms with van der Waals surface area (Å²) in [6.07, 6.45) is 1.79. The van der Waals surface area contributed by atoms with Gasteiger partial charge in [-0.15, -0.1) is 0 Å². The third-order valence-corrected chi connectivity index (χ3v) is 8.91. The Hall–Kier alpha value is -4.99. The molecule has 1 atom stereocenters. The topological polar surface area (TPSA) is 118 Å². The third kappa shape index (κ3) is 5.73. The summed E-state index contributed by atoms with van der Waals surface area (Å²) in [5.41, 5.74) is 4.23. The lowest BCUT2D eigenvalue weighted by molar-refractivity contribution is -0.136. The van der Waals surface area contributed by atoms with Crippen molar-refractivity contribution in [1.82, 2.24) is 9.71 Å². The fraction of sp³-hybridized carbons (Fsp3) is 0.118. The molecule has 2 N–H and O–H groups in total. The van der Waals surface area contributed by atoms with Gasteiger partial charge in [0.15, 0.2) is 0 Å². The van der Waals surface area contributed by atoms with Crippen LogP contribution >= 0.6 is 0 Å². The van der Waals surface area contributed by atoms with Crippen molar-refractivity contribution in [3.63, 3.8) is 0 Å². The van der Waals surface area contributed by atoms with E-state index in [-0.39, 0.29) is 22.6 Å². The van der Waals surface area contributed by atoms with Crippen LogP contribution in [0.3, 0.4) is 0 Å². The van der Waals surface area contributed by atoms with E-state index >= 15 is 0 Å². The molecule has 0 saturated heterocycles. The molecule has 2 heterocycles. The van der Waals surface area contributed by atoms with Crippen molar-refractivity contribution in [3.05, 3.63) is 130 Å². The number of aryl methyl sites for hydroxylation is 2. The van der Waals surface area contributed by atoms with Crippen LogP contribution in [-0.2, 0) is 21.2 Å². The zero-order chi connectivity index (χ0) is 30.1. The summed E-state index contributed by atoms with van der Waals surface area (Å²) < 4.78 is 40.7. The van der Waals surface area contributed by atoms with Gasteiger partial charge in [-0.2, -0.15) is 4.72 Å². The Labute approximate surface area is 248 Å². The number of para-hydroxylation sites is 1. The summed E-state index contributed by atoms with van der Waals surface area (Å²) in [5.74, 6) is -0.644. The molecule has 0 unspecified atom stereocenters. The second kappa shape index (κ2) is 11.4. The van der Waals surface area contributed by atoms with E-state index in [0.717, 1.165) is 27.6 Å². The van der Waals surface area contributed by atoms with Crippen molar-refractivity contribution < 1.29 is 22.4 Å². The zero-order valence-electron chi connectivity index (χ0n) is 23.5. The van der Waals surface area contributed by atoms with Gasteiger partial charge in [0.1, 0.15) is 17.4 Å². The summed E-state index contributed by atoms with van der Waals surface area (Å²) in [6.45, 7) is 3.55. The maximum Gasteiger partial charge on any atom is 0.336 e. The van der Waals surface area contributed by atoms with Gasteiger partial charge in [-0.05, 0) is 60.9 Å². The maximum atomic E-state index is 13.7. The van der Waals surface area contributed by atoms with Gasteiger partial charge in [0.25, 0.3) is 0 Å². The van der Waals surface area contributed by atoms with Gasteiger partial charge in [0, 0.05) is 40.5 Å². The van der Waals surface area contributed by atoms with Gasteiger partial charge in [0.2, 0.25) is 10.0 Å². The number of H-pyrrole nitrogens is 1. The standard InChI is InChI=1S/C34H28N2O6S/c1-21-12-14-25(15-13-21)43(39,40)36-30(18-24-20-35-29-11-7-6-10-26(24)29)34(38)41-31-17-16-27-28(23-8-4-3-5-9-23)19-32(37)42-33(27)22(31)2/h3-17,19-20,30,35-36H,18H2,1-2H3/t30-/m0/s1. The van der Waals surface area contributed by atoms with Gasteiger partial charge in [0.05, 0.1) is 4.90 Å². The zero-order valence-corrected chi connectivity index (χ0v) is 24.3. The van der Waals surface area contributed by atoms with E-state index in [9.17, 15) is 18.0 Å². The molecule has 0 amide bonds. The Balaban J connectivity index is 1.36. The number of hydrogen-bond donors (Lipinski definition) is 2. The molecule has 0 aliphatic rings. The number of carbonyl (C=O) groups is 1. The number of benzene rings is 4. The highest BCUT2D eigenvalue weighted by Gasteiger charge is 2.29. The number of aromatic amines is 1. The Morgan fingerprint density at radius 1 is 0.907 bits per heavy atom. The van der Waals surface area contributed by atoms with Gasteiger partial charge in [-0.1, -0.05) is 66.2 Å². The molecule has 6 aromatic rings. The normalized spacial score (nSPS) is 12.4. The molecule has 0 aliphatic carbocycles. The lowest BCUT2D eigenvalue weighted by atomic mass is 10.00. The minimum Gasteiger partial charge on any atom is -0.425 e. The molecule has 0 radical (unpaired) electrons. The van der Waals surface area contributed by atoms with Crippen molar-refractivity contribution in [2.24, 2.45) is 0 Å². The predicted molar refractivity (Wildman–Crippen MR) is 166 cm³/mol. The molecule has 0 fully saturated rings. The van der Waals surface area contributed by atoms with E-state index in [1.165, 1.54) is 18.2 Å². The average Bonchev–Trinajstić information content (AvgIpc) is 3.41. The van der Waals surface area contributed by atoms with Crippen molar-refractivity contribution in [2.75, 3.05) is 0 Å². The fourth-order valence-corrected chi connectivity index (χ4v) is 6.34. The Morgan fingerprint density at radius 3 is 2.40 bits per heavy atom. The minimum absolute atomic E-state index is 0.0342. The van der Waals surface area contributed by atoms with Crippen molar-refractivity contribution >= 4 is 37.9 Å². The molecule has 2 aromatic heterocycles. The summed E-state index contributed by atoms with van der Waals surface area (Å²) in [6, 6.07) is 26.9. The molecule has 8 nitrogen and oxygen atoms in total. The molecule has 0 saturated carbocycles. The molecular formula is C34H28N2O6S. The number of aromatic nitrogens is 1. The quantitative estimate of drug-likeness (QED) is 0.126. The largest absolute Gasteiger partial charge is 0.425 e.